The van der Waals surface area contributed by atoms with Crippen LogP contribution in [0.3, 0.4) is 0 Å². The Bertz CT molecular complexity index is 1340. The summed E-state index contributed by atoms with van der Waals surface area (Å²) >= 11 is 0. The maximum atomic E-state index is 11.8. The SMILES string of the molecule is CNCCCCC#Cc1cn([C@@H]2O[C@H](COP(=O)([O-])OP(=O)([O-])OP(=O)([O-])O)CC2O)c2ncnc(N)c12. The summed E-state index contributed by atoms with van der Waals surface area (Å²) in [4.78, 5) is 50.3. The molecule has 20 heteroatoms. The van der Waals surface area contributed by atoms with Crippen molar-refractivity contribution in [1.29, 1.82) is 0 Å². The van der Waals surface area contributed by atoms with E-state index in [9.17, 15) is 33.5 Å². The largest absolute Gasteiger partial charge is 0.756 e. The lowest BCUT2D eigenvalue weighted by Crippen LogP contribution is -2.20. The molecule has 2 aromatic rings. The van der Waals surface area contributed by atoms with Crippen LogP contribution in [0.4, 0.5) is 5.82 Å². The summed E-state index contributed by atoms with van der Waals surface area (Å²) in [7, 11) is -15.7. The number of aliphatic hydroxyl groups excluding tert-OH is 1. The van der Waals surface area contributed by atoms with Crippen LogP contribution in [0.15, 0.2) is 12.5 Å². The average molecular weight is 596 g/mol. The molecule has 0 bridgehead atoms. The highest BCUT2D eigenvalue weighted by molar-refractivity contribution is 7.65. The van der Waals surface area contributed by atoms with Gasteiger partial charge in [-0.1, -0.05) is 11.8 Å². The van der Waals surface area contributed by atoms with Gasteiger partial charge in [-0.3, -0.25) is 13.7 Å². The van der Waals surface area contributed by atoms with E-state index < -0.39 is 48.5 Å². The van der Waals surface area contributed by atoms with E-state index in [1.807, 2.05) is 7.05 Å². The molecular weight excluding hydrogens is 571 g/mol. The van der Waals surface area contributed by atoms with Crippen molar-refractivity contribution in [1.82, 2.24) is 19.9 Å². The maximum Gasteiger partial charge on any atom is 0.280 e. The molecule has 1 aliphatic heterocycles. The van der Waals surface area contributed by atoms with E-state index in [2.05, 4.69) is 40.3 Å². The number of ether oxygens (including phenoxy) is 1. The quantitative estimate of drug-likeness (QED) is 0.128. The number of anilines is 1. The fourth-order valence-corrected chi connectivity index (χ4v) is 6.53. The standard InChI is InChI=1S/C18H28N5O12P3/c1-20-7-5-3-2-4-6-12-9-23(17-15(12)16(19)21-11-22-17)18-14(24)8-13(33-18)10-32-37(28,29)35-38(30,31)34-36(25,26)27/h9,11,13-14,18,20,24H,2-3,5,7-8,10H2,1H3,(H,28,29)(H,30,31)(H2,19,21,22)(H2,25,26,27)/p-3/t13-,14?,18+/m0/s1. The van der Waals surface area contributed by atoms with Gasteiger partial charge in [0.05, 0.1) is 23.7 Å². The van der Waals surface area contributed by atoms with Gasteiger partial charge in [0.15, 0.2) is 6.23 Å². The van der Waals surface area contributed by atoms with Crippen LogP contribution in [-0.4, -0.2) is 56.9 Å². The second-order valence-electron chi connectivity index (χ2n) is 8.04. The molecule has 0 radical (unpaired) electrons. The van der Waals surface area contributed by atoms with Gasteiger partial charge < -0.3 is 49.6 Å². The minimum absolute atomic E-state index is 0.144. The number of hydrogen-bond donors (Lipinski definition) is 4. The van der Waals surface area contributed by atoms with Gasteiger partial charge in [-0.15, -0.1) is 0 Å². The number of unbranched alkanes of at least 4 members (excludes halogenated alkanes) is 2. The van der Waals surface area contributed by atoms with Crippen molar-refractivity contribution >= 4 is 40.3 Å². The number of rotatable bonds is 12. The number of nitrogens with two attached hydrogens (primary N) is 1. The van der Waals surface area contributed by atoms with Crippen molar-refractivity contribution in [3.05, 3.63) is 18.1 Å². The van der Waals surface area contributed by atoms with Crippen LogP contribution in [0.1, 0.15) is 37.5 Å². The van der Waals surface area contributed by atoms with E-state index in [0.717, 1.165) is 19.4 Å². The third kappa shape index (κ3) is 8.64. The first-order valence-electron chi connectivity index (χ1n) is 11.0. The molecule has 6 atom stereocenters. The van der Waals surface area contributed by atoms with Crippen LogP contribution < -0.4 is 25.7 Å². The summed E-state index contributed by atoms with van der Waals surface area (Å²) in [6.07, 6.45) is 1.76. The highest BCUT2D eigenvalue weighted by Gasteiger charge is 2.37. The Morgan fingerprint density at radius 3 is 2.66 bits per heavy atom. The van der Waals surface area contributed by atoms with Crippen molar-refractivity contribution in [3.63, 3.8) is 0 Å². The second-order valence-corrected chi connectivity index (χ2v) is 12.3. The molecule has 3 rings (SSSR count). The van der Waals surface area contributed by atoms with Crippen molar-refractivity contribution < 1.29 is 56.3 Å². The van der Waals surface area contributed by atoms with Gasteiger partial charge in [0.1, 0.15) is 23.9 Å². The normalized spacial score (nSPS) is 24.3. The van der Waals surface area contributed by atoms with E-state index in [1.54, 1.807) is 6.20 Å². The zero-order valence-electron chi connectivity index (χ0n) is 19.9. The number of nitrogens with zero attached hydrogens (tertiary/aromatic N) is 3. The van der Waals surface area contributed by atoms with Crippen molar-refractivity contribution in [2.24, 2.45) is 0 Å². The Kier molecular flexibility index (Phi) is 10.2. The lowest BCUT2D eigenvalue weighted by Gasteiger charge is -2.32. The first-order valence-corrected chi connectivity index (χ1v) is 15.4. The lowest BCUT2D eigenvalue weighted by atomic mass is 10.2. The van der Waals surface area contributed by atoms with Gasteiger partial charge >= 0.3 is 0 Å². The van der Waals surface area contributed by atoms with E-state index >= 15 is 0 Å². The van der Waals surface area contributed by atoms with Gasteiger partial charge in [-0.25, -0.2) is 18.6 Å². The first-order chi connectivity index (χ1) is 17.7. The predicted molar refractivity (Wildman–Crippen MR) is 124 cm³/mol. The van der Waals surface area contributed by atoms with E-state index in [-0.39, 0.29) is 12.2 Å². The summed E-state index contributed by atoms with van der Waals surface area (Å²) in [6.45, 7) is 0.0600. The molecule has 3 heterocycles. The van der Waals surface area contributed by atoms with Crippen LogP contribution in [0.2, 0.25) is 0 Å². The zero-order valence-corrected chi connectivity index (χ0v) is 22.6. The number of phosphoric ester groups is 1. The fraction of sp³-hybridized carbons (Fsp3) is 0.556. The summed E-state index contributed by atoms with van der Waals surface area (Å²) in [5.41, 5.74) is 6.82. The summed E-state index contributed by atoms with van der Waals surface area (Å²) in [5.74, 6) is 6.23. The van der Waals surface area contributed by atoms with Crippen molar-refractivity contribution in [3.8, 4) is 11.8 Å². The van der Waals surface area contributed by atoms with Crippen molar-refractivity contribution in [2.45, 2.75) is 44.1 Å². The molecule has 2 aromatic heterocycles. The Morgan fingerprint density at radius 1 is 1.24 bits per heavy atom. The monoisotopic (exact) mass is 596 g/mol. The second kappa shape index (κ2) is 12.6. The third-order valence-corrected chi connectivity index (χ3v) is 8.79. The third-order valence-electron chi connectivity index (χ3n) is 5.10. The Hall–Kier alpha value is -1.73. The van der Waals surface area contributed by atoms with Gasteiger partial charge in [0.25, 0.3) is 23.5 Å². The molecule has 0 aromatic carbocycles. The van der Waals surface area contributed by atoms with E-state index in [4.69, 9.17) is 15.4 Å². The molecule has 5 N–H and O–H groups in total. The average Bonchev–Trinajstić information content (AvgIpc) is 3.33. The Morgan fingerprint density at radius 2 is 1.97 bits per heavy atom. The number of hydrogen-bond acceptors (Lipinski definition) is 15. The van der Waals surface area contributed by atoms with Gasteiger partial charge in [0, 0.05) is 19.0 Å². The molecule has 1 aliphatic rings. The minimum Gasteiger partial charge on any atom is -0.756 e. The lowest BCUT2D eigenvalue weighted by molar-refractivity contribution is -0.250. The molecule has 1 fully saturated rings. The number of nitrogen functional groups attached to an aromatic ring is 1. The topological polar surface area (TPSA) is 267 Å². The van der Waals surface area contributed by atoms with Gasteiger partial charge in [-0.2, -0.15) is 0 Å². The zero-order chi connectivity index (χ0) is 28.1. The molecule has 0 saturated carbocycles. The highest BCUT2D eigenvalue weighted by Crippen LogP contribution is 2.61. The number of aromatic nitrogens is 3. The molecule has 4 unspecified atom stereocenters. The highest BCUT2D eigenvalue weighted by atomic mass is 31.3. The van der Waals surface area contributed by atoms with Crippen LogP contribution in [-0.2, 0) is 31.6 Å². The smallest absolute Gasteiger partial charge is 0.280 e. The van der Waals surface area contributed by atoms with Gasteiger partial charge in [-0.05, 0) is 26.4 Å². The molecule has 0 amide bonds. The minimum atomic E-state index is -6.03. The summed E-state index contributed by atoms with van der Waals surface area (Å²) < 4.78 is 52.1. The van der Waals surface area contributed by atoms with Crippen LogP contribution in [0, 0.1) is 11.8 Å². The van der Waals surface area contributed by atoms with Crippen LogP contribution in [0.5, 0.6) is 0 Å². The molecule has 0 aliphatic carbocycles. The molecular formula is C18H25N5O12P3-3. The summed E-state index contributed by atoms with van der Waals surface area (Å²) in [5, 5.41) is 14.1. The fourth-order valence-electron chi connectivity index (χ4n) is 3.62. The maximum absolute atomic E-state index is 11.8. The molecule has 17 nitrogen and oxygen atoms in total. The molecule has 212 valence electrons. The molecule has 1 saturated heterocycles. The predicted octanol–water partition coefficient (Wildman–Crippen LogP) is -1.15. The van der Waals surface area contributed by atoms with E-state index in [1.165, 1.54) is 10.9 Å². The number of phosphoric acid groups is 3. The van der Waals surface area contributed by atoms with Crippen LogP contribution in [0.25, 0.3) is 11.0 Å². The molecule has 38 heavy (non-hydrogen) atoms. The van der Waals surface area contributed by atoms with Crippen LogP contribution >= 0.6 is 23.5 Å². The number of fused-ring (bicyclic) bond motifs is 1. The van der Waals surface area contributed by atoms with Gasteiger partial charge in [0.2, 0.25) is 0 Å². The van der Waals surface area contributed by atoms with Crippen molar-refractivity contribution in [2.75, 3.05) is 25.9 Å². The number of nitrogens with one attached hydrogen (secondary N) is 1. The molecule has 0 spiro atoms. The van der Waals surface area contributed by atoms with E-state index in [0.29, 0.717) is 23.0 Å². The first kappa shape index (κ1) is 30.8. The Balaban J connectivity index is 1.71. The summed E-state index contributed by atoms with van der Waals surface area (Å²) in [6, 6.07) is 0. The number of aliphatic hydroxyl groups is 1. The Labute approximate surface area is 216 Å².